The van der Waals surface area contributed by atoms with Gasteiger partial charge in [0.25, 0.3) is 0 Å². The van der Waals surface area contributed by atoms with E-state index >= 15 is 0 Å². The highest BCUT2D eigenvalue weighted by Gasteiger charge is 2.05. The number of aromatic nitrogens is 2. The third kappa shape index (κ3) is 4.28. The fourth-order valence-corrected chi connectivity index (χ4v) is 2.80. The summed E-state index contributed by atoms with van der Waals surface area (Å²) < 4.78 is 0. The van der Waals surface area contributed by atoms with Crippen molar-refractivity contribution in [3.8, 4) is 10.6 Å². The summed E-state index contributed by atoms with van der Waals surface area (Å²) in [6.45, 7) is 8.72. The van der Waals surface area contributed by atoms with E-state index in [4.69, 9.17) is 0 Å². The van der Waals surface area contributed by atoms with E-state index in [1.165, 1.54) is 0 Å². The second-order valence-electron chi connectivity index (χ2n) is 4.59. The molecular formula is C15H22N4S. The van der Waals surface area contributed by atoms with Crippen LogP contribution in [-0.4, -0.2) is 41.3 Å². The Labute approximate surface area is 124 Å². The molecule has 0 atom stereocenters. The summed E-state index contributed by atoms with van der Waals surface area (Å²) in [5.74, 6) is 0. The molecule has 0 radical (unpaired) electrons. The van der Waals surface area contributed by atoms with E-state index in [-0.39, 0.29) is 0 Å². The van der Waals surface area contributed by atoms with Gasteiger partial charge < -0.3 is 10.2 Å². The van der Waals surface area contributed by atoms with Crippen LogP contribution in [0, 0.1) is 0 Å². The molecule has 0 aliphatic carbocycles. The van der Waals surface area contributed by atoms with Gasteiger partial charge in [-0.1, -0.05) is 55.5 Å². The van der Waals surface area contributed by atoms with Crippen molar-refractivity contribution in [2.45, 2.75) is 20.3 Å². The third-order valence-corrected chi connectivity index (χ3v) is 4.20. The van der Waals surface area contributed by atoms with Gasteiger partial charge in [0.1, 0.15) is 5.01 Å². The highest BCUT2D eigenvalue weighted by Crippen LogP contribution is 2.25. The number of hydrogen-bond acceptors (Lipinski definition) is 5. The van der Waals surface area contributed by atoms with E-state index in [0.29, 0.717) is 0 Å². The van der Waals surface area contributed by atoms with Crippen LogP contribution < -0.4 is 5.32 Å². The zero-order valence-electron chi connectivity index (χ0n) is 12.2. The van der Waals surface area contributed by atoms with Gasteiger partial charge in [-0.3, -0.25) is 0 Å². The van der Waals surface area contributed by atoms with Gasteiger partial charge in [-0.2, -0.15) is 0 Å². The monoisotopic (exact) mass is 290 g/mol. The Morgan fingerprint density at radius 3 is 2.55 bits per heavy atom. The van der Waals surface area contributed by atoms with E-state index in [2.05, 4.69) is 46.4 Å². The topological polar surface area (TPSA) is 41.0 Å². The van der Waals surface area contributed by atoms with Crippen molar-refractivity contribution >= 4 is 16.5 Å². The first-order valence-electron chi connectivity index (χ1n) is 7.18. The van der Waals surface area contributed by atoms with Crippen LogP contribution in [0.25, 0.3) is 10.6 Å². The molecule has 2 rings (SSSR count). The maximum absolute atomic E-state index is 4.23. The van der Waals surface area contributed by atoms with E-state index in [0.717, 1.165) is 48.3 Å². The molecule has 0 unspecified atom stereocenters. The fraction of sp³-hybridized carbons (Fsp3) is 0.467. The molecule has 1 aromatic heterocycles. The Morgan fingerprint density at radius 2 is 1.85 bits per heavy atom. The summed E-state index contributed by atoms with van der Waals surface area (Å²) in [6, 6.07) is 10.2. The minimum Gasteiger partial charge on any atom is -0.360 e. The zero-order valence-corrected chi connectivity index (χ0v) is 13.0. The molecule has 1 heterocycles. The van der Waals surface area contributed by atoms with Crippen molar-refractivity contribution in [2.24, 2.45) is 0 Å². The van der Waals surface area contributed by atoms with Crippen molar-refractivity contribution < 1.29 is 0 Å². The van der Waals surface area contributed by atoms with E-state index in [1.54, 1.807) is 11.3 Å². The first kappa shape index (κ1) is 14.9. The number of nitrogens with one attached hydrogen (secondary N) is 1. The molecule has 1 N–H and O–H groups in total. The Balaban J connectivity index is 1.79. The lowest BCUT2D eigenvalue weighted by Crippen LogP contribution is -2.25. The van der Waals surface area contributed by atoms with Gasteiger partial charge in [0.2, 0.25) is 5.13 Å². The molecule has 0 bridgehead atoms. The normalized spacial score (nSPS) is 10.9. The fourth-order valence-electron chi connectivity index (χ4n) is 2.03. The SMILES string of the molecule is CCN(CC)CCCNc1nnc(-c2ccccc2)s1. The lowest BCUT2D eigenvalue weighted by molar-refractivity contribution is 0.303. The molecular weight excluding hydrogens is 268 g/mol. The molecule has 20 heavy (non-hydrogen) atoms. The van der Waals surface area contributed by atoms with Gasteiger partial charge in [0, 0.05) is 12.1 Å². The Morgan fingerprint density at radius 1 is 1.10 bits per heavy atom. The Bertz CT molecular complexity index is 494. The largest absolute Gasteiger partial charge is 0.360 e. The molecule has 0 aliphatic rings. The van der Waals surface area contributed by atoms with Crippen molar-refractivity contribution in [3.05, 3.63) is 30.3 Å². The molecule has 108 valence electrons. The van der Waals surface area contributed by atoms with Crippen LogP contribution in [0.1, 0.15) is 20.3 Å². The van der Waals surface area contributed by atoms with Crippen LogP contribution in [0.3, 0.4) is 0 Å². The molecule has 4 nitrogen and oxygen atoms in total. The van der Waals surface area contributed by atoms with Gasteiger partial charge in [0.05, 0.1) is 0 Å². The quantitative estimate of drug-likeness (QED) is 0.757. The standard InChI is InChI=1S/C15H22N4S/c1-3-19(4-2)12-8-11-16-15-18-17-14(20-15)13-9-6-5-7-10-13/h5-7,9-10H,3-4,8,11-12H2,1-2H3,(H,16,18). The summed E-state index contributed by atoms with van der Waals surface area (Å²) >= 11 is 1.61. The summed E-state index contributed by atoms with van der Waals surface area (Å²) in [5, 5.41) is 13.7. The predicted octanol–water partition coefficient (Wildman–Crippen LogP) is 3.35. The van der Waals surface area contributed by atoms with Gasteiger partial charge in [-0.05, 0) is 26.1 Å². The highest BCUT2D eigenvalue weighted by atomic mass is 32.1. The number of hydrogen-bond donors (Lipinski definition) is 1. The first-order valence-corrected chi connectivity index (χ1v) is 8.00. The number of rotatable bonds is 8. The van der Waals surface area contributed by atoms with Gasteiger partial charge >= 0.3 is 0 Å². The molecule has 0 spiro atoms. The maximum Gasteiger partial charge on any atom is 0.206 e. The molecule has 2 aromatic rings. The van der Waals surface area contributed by atoms with Gasteiger partial charge in [0.15, 0.2) is 0 Å². The average molecular weight is 290 g/mol. The van der Waals surface area contributed by atoms with Crippen molar-refractivity contribution in [2.75, 3.05) is 31.5 Å². The van der Waals surface area contributed by atoms with Crippen LogP contribution in [0.4, 0.5) is 5.13 Å². The van der Waals surface area contributed by atoms with E-state index in [1.807, 2.05) is 18.2 Å². The summed E-state index contributed by atoms with van der Waals surface area (Å²) in [4.78, 5) is 2.43. The molecule has 0 fully saturated rings. The number of nitrogens with zero attached hydrogens (tertiary/aromatic N) is 3. The van der Waals surface area contributed by atoms with Crippen molar-refractivity contribution in [1.29, 1.82) is 0 Å². The number of anilines is 1. The summed E-state index contributed by atoms with van der Waals surface area (Å²) in [7, 11) is 0. The summed E-state index contributed by atoms with van der Waals surface area (Å²) in [6.07, 6.45) is 1.13. The van der Waals surface area contributed by atoms with Gasteiger partial charge in [-0.25, -0.2) is 0 Å². The second kappa shape index (κ2) is 7.97. The lowest BCUT2D eigenvalue weighted by Gasteiger charge is -2.17. The zero-order chi connectivity index (χ0) is 14.2. The Hall–Kier alpha value is -1.46. The molecule has 0 saturated heterocycles. The average Bonchev–Trinajstić information content (AvgIpc) is 2.97. The maximum atomic E-state index is 4.23. The highest BCUT2D eigenvalue weighted by molar-refractivity contribution is 7.18. The predicted molar refractivity (Wildman–Crippen MR) is 86.2 cm³/mol. The van der Waals surface area contributed by atoms with E-state index in [9.17, 15) is 0 Å². The second-order valence-corrected chi connectivity index (χ2v) is 5.56. The third-order valence-electron chi connectivity index (χ3n) is 3.27. The van der Waals surface area contributed by atoms with Crippen LogP contribution >= 0.6 is 11.3 Å². The van der Waals surface area contributed by atoms with E-state index < -0.39 is 0 Å². The Kier molecular flexibility index (Phi) is 5.95. The summed E-state index contributed by atoms with van der Waals surface area (Å²) in [5.41, 5.74) is 1.13. The van der Waals surface area contributed by atoms with Crippen LogP contribution in [-0.2, 0) is 0 Å². The lowest BCUT2D eigenvalue weighted by atomic mass is 10.2. The molecule has 1 aromatic carbocycles. The minimum absolute atomic E-state index is 0.906. The van der Waals surface area contributed by atoms with Crippen molar-refractivity contribution in [1.82, 2.24) is 15.1 Å². The van der Waals surface area contributed by atoms with Crippen LogP contribution in [0.5, 0.6) is 0 Å². The van der Waals surface area contributed by atoms with Crippen LogP contribution in [0.15, 0.2) is 30.3 Å². The number of benzene rings is 1. The molecule has 0 amide bonds. The van der Waals surface area contributed by atoms with Crippen molar-refractivity contribution in [3.63, 3.8) is 0 Å². The molecule has 0 aliphatic heterocycles. The smallest absolute Gasteiger partial charge is 0.206 e. The molecule has 0 saturated carbocycles. The van der Waals surface area contributed by atoms with Crippen LogP contribution in [0.2, 0.25) is 0 Å². The van der Waals surface area contributed by atoms with Gasteiger partial charge in [-0.15, -0.1) is 10.2 Å². The molecule has 5 heteroatoms. The minimum atomic E-state index is 0.906. The first-order chi connectivity index (χ1) is 9.83.